The SMILES string of the molecule is COCCCNCC(O)COCCOC. The Morgan fingerprint density at radius 1 is 1.13 bits per heavy atom. The molecule has 2 N–H and O–H groups in total. The first-order valence-corrected chi connectivity index (χ1v) is 5.25. The minimum absolute atomic E-state index is 0.348. The number of aliphatic hydroxyl groups is 1. The maximum atomic E-state index is 9.45. The van der Waals surface area contributed by atoms with Crippen molar-refractivity contribution in [1.29, 1.82) is 0 Å². The molecule has 0 aliphatic heterocycles. The lowest BCUT2D eigenvalue weighted by Gasteiger charge is -2.11. The van der Waals surface area contributed by atoms with Crippen LogP contribution in [0.4, 0.5) is 0 Å². The predicted molar refractivity (Wildman–Crippen MR) is 58.1 cm³/mol. The molecule has 0 aliphatic carbocycles. The highest BCUT2D eigenvalue weighted by molar-refractivity contribution is 4.58. The van der Waals surface area contributed by atoms with E-state index in [1.54, 1.807) is 14.2 Å². The van der Waals surface area contributed by atoms with Crippen molar-refractivity contribution in [2.75, 3.05) is 53.7 Å². The van der Waals surface area contributed by atoms with E-state index in [1.165, 1.54) is 0 Å². The van der Waals surface area contributed by atoms with Gasteiger partial charge in [-0.1, -0.05) is 0 Å². The van der Waals surface area contributed by atoms with E-state index >= 15 is 0 Å². The zero-order chi connectivity index (χ0) is 11.4. The summed E-state index contributed by atoms with van der Waals surface area (Å²) in [6.45, 7) is 3.58. The zero-order valence-electron chi connectivity index (χ0n) is 9.70. The van der Waals surface area contributed by atoms with Gasteiger partial charge in [-0.2, -0.15) is 0 Å². The molecular weight excluding hydrogens is 198 g/mol. The van der Waals surface area contributed by atoms with Crippen LogP contribution in [0.2, 0.25) is 0 Å². The molecule has 0 aliphatic rings. The van der Waals surface area contributed by atoms with Gasteiger partial charge < -0.3 is 24.6 Å². The van der Waals surface area contributed by atoms with Crippen molar-refractivity contribution in [2.45, 2.75) is 12.5 Å². The first-order valence-electron chi connectivity index (χ1n) is 5.25. The zero-order valence-corrected chi connectivity index (χ0v) is 9.70. The van der Waals surface area contributed by atoms with Crippen LogP contribution in [0.1, 0.15) is 6.42 Å². The van der Waals surface area contributed by atoms with E-state index in [4.69, 9.17) is 14.2 Å². The van der Waals surface area contributed by atoms with Crippen LogP contribution in [0.5, 0.6) is 0 Å². The van der Waals surface area contributed by atoms with Crippen LogP contribution in [0.25, 0.3) is 0 Å². The topological polar surface area (TPSA) is 60.0 Å². The van der Waals surface area contributed by atoms with Crippen LogP contribution in [0, 0.1) is 0 Å². The van der Waals surface area contributed by atoms with E-state index in [-0.39, 0.29) is 0 Å². The van der Waals surface area contributed by atoms with E-state index in [2.05, 4.69) is 5.32 Å². The molecule has 0 saturated carbocycles. The molecule has 0 spiro atoms. The average Bonchev–Trinajstić information content (AvgIpc) is 2.24. The maximum Gasteiger partial charge on any atom is 0.0897 e. The average molecular weight is 221 g/mol. The summed E-state index contributed by atoms with van der Waals surface area (Å²) in [4.78, 5) is 0. The number of aliphatic hydroxyl groups excluding tert-OH is 1. The molecule has 0 heterocycles. The molecule has 0 bridgehead atoms. The molecule has 5 nitrogen and oxygen atoms in total. The van der Waals surface area contributed by atoms with Crippen LogP contribution >= 0.6 is 0 Å². The lowest BCUT2D eigenvalue weighted by molar-refractivity contribution is 0.0137. The molecule has 1 unspecified atom stereocenters. The molecule has 92 valence electrons. The molecule has 0 rings (SSSR count). The van der Waals surface area contributed by atoms with Crippen LogP contribution < -0.4 is 5.32 Å². The Bertz CT molecular complexity index is 124. The van der Waals surface area contributed by atoms with Gasteiger partial charge in [0.15, 0.2) is 0 Å². The van der Waals surface area contributed by atoms with Crippen molar-refractivity contribution >= 4 is 0 Å². The Balaban J connectivity index is 3.08. The molecule has 0 fully saturated rings. The second-order valence-electron chi connectivity index (χ2n) is 3.27. The van der Waals surface area contributed by atoms with Gasteiger partial charge in [0.1, 0.15) is 0 Å². The first-order chi connectivity index (χ1) is 7.31. The van der Waals surface area contributed by atoms with E-state index in [0.717, 1.165) is 19.6 Å². The second-order valence-corrected chi connectivity index (χ2v) is 3.27. The second kappa shape index (κ2) is 11.9. The molecular formula is C10H23NO4. The first kappa shape index (κ1) is 14.8. The van der Waals surface area contributed by atoms with Gasteiger partial charge in [-0.3, -0.25) is 0 Å². The quantitative estimate of drug-likeness (QED) is 0.466. The van der Waals surface area contributed by atoms with E-state index in [9.17, 15) is 5.11 Å². The maximum absolute atomic E-state index is 9.45. The van der Waals surface area contributed by atoms with E-state index in [1.807, 2.05) is 0 Å². The molecule has 5 heteroatoms. The number of methoxy groups -OCH3 is 2. The van der Waals surface area contributed by atoms with Crippen LogP contribution in [-0.4, -0.2) is 64.9 Å². The van der Waals surface area contributed by atoms with Crippen LogP contribution in [-0.2, 0) is 14.2 Å². The lowest BCUT2D eigenvalue weighted by atomic mass is 10.3. The van der Waals surface area contributed by atoms with Crippen LogP contribution in [0.15, 0.2) is 0 Å². The van der Waals surface area contributed by atoms with Crippen molar-refractivity contribution in [2.24, 2.45) is 0 Å². The normalized spacial score (nSPS) is 13.0. The highest BCUT2D eigenvalue weighted by Gasteiger charge is 2.02. The Morgan fingerprint density at radius 2 is 1.87 bits per heavy atom. The van der Waals surface area contributed by atoms with E-state index in [0.29, 0.717) is 26.4 Å². The summed E-state index contributed by atoms with van der Waals surface area (Å²) in [5, 5.41) is 12.6. The molecule has 15 heavy (non-hydrogen) atoms. The largest absolute Gasteiger partial charge is 0.389 e. The Morgan fingerprint density at radius 3 is 2.53 bits per heavy atom. The van der Waals surface area contributed by atoms with Gasteiger partial charge in [-0.25, -0.2) is 0 Å². The van der Waals surface area contributed by atoms with Gasteiger partial charge in [-0.15, -0.1) is 0 Å². The monoisotopic (exact) mass is 221 g/mol. The third-order valence-electron chi connectivity index (χ3n) is 1.82. The molecule has 0 saturated heterocycles. The smallest absolute Gasteiger partial charge is 0.0897 e. The van der Waals surface area contributed by atoms with Crippen molar-refractivity contribution < 1.29 is 19.3 Å². The van der Waals surface area contributed by atoms with Crippen molar-refractivity contribution in [3.05, 3.63) is 0 Å². The number of hydrogen-bond acceptors (Lipinski definition) is 5. The summed E-state index contributed by atoms with van der Waals surface area (Å²) in [6.07, 6.45) is 0.498. The predicted octanol–water partition coefficient (Wildman–Crippen LogP) is -0.364. The lowest BCUT2D eigenvalue weighted by Crippen LogP contribution is -2.31. The number of rotatable bonds is 11. The molecule has 1 atom stereocenters. The van der Waals surface area contributed by atoms with Gasteiger partial charge in [0.2, 0.25) is 0 Å². The third-order valence-corrected chi connectivity index (χ3v) is 1.82. The summed E-state index contributed by atoms with van der Waals surface area (Å²) in [6, 6.07) is 0. The standard InChI is InChI=1S/C10H23NO4/c1-13-5-3-4-11-8-10(12)9-15-7-6-14-2/h10-12H,3-9H2,1-2H3. The fraction of sp³-hybridized carbons (Fsp3) is 1.00. The summed E-state index contributed by atoms with van der Waals surface area (Å²) < 4.78 is 14.9. The number of ether oxygens (including phenoxy) is 3. The Kier molecular flexibility index (Phi) is 11.7. The van der Waals surface area contributed by atoms with Gasteiger partial charge in [0, 0.05) is 27.4 Å². The highest BCUT2D eigenvalue weighted by Crippen LogP contribution is 1.85. The Hall–Kier alpha value is -0.200. The molecule has 0 aromatic carbocycles. The van der Waals surface area contributed by atoms with Crippen LogP contribution in [0.3, 0.4) is 0 Å². The summed E-state index contributed by atoms with van der Waals surface area (Å²) in [5.74, 6) is 0. The van der Waals surface area contributed by atoms with Gasteiger partial charge >= 0.3 is 0 Å². The number of hydrogen-bond donors (Lipinski definition) is 2. The summed E-state index contributed by atoms with van der Waals surface area (Å²) in [5.41, 5.74) is 0. The van der Waals surface area contributed by atoms with Crippen molar-refractivity contribution in [3.8, 4) is 0 Å². The summed E-state index contributed by atoms with van der Waals surface area (Å²) in [7, 11) is 3.30. The molecule has 0 aromatic heterocycles. The summed E-state index contributed by atoms with van der Waals surface area (Å²) >= 11 is 0. The molecule has 0 aromatic rings. The van der Waals surface area contributed by atoms with Gasteiger partial charge in [0.25, 0.3) is 0 Å². The molecule has 0 amide bonds. The fourth-order valence-electron chi connectivity index (χ4n) is 1.03. The molecule has 0 radical (unpaired) electrons. The van der Waals surface area contributed by atoms with E-state index < -0.39 is 6.10 Å². The van der Waals surface area contributed by atoms with Gasteiger partial charge in [0.05, 0.1) is 25.9 Å². The Labute approximate surface area is 91.7 Å². The van der Waals surface area contributed by atoms with Crippen molar-refractivity contribution in [1.82, 2.24) is 5.32 Å². The minimum atomic E-state index is -0.454. The minimum Gasteiger partial charge on any atom is -0.389 e. The van der Waals surface area contributed by atoms with Crippen molar-refractivity contribution in [3.63, 3.8) is 0 Å². The van der Waals surface area contributed by atoms with Gasteiger partial charge in [-0.05, 0) is 13.0 Å². The highest BCUT2D eigenvalue weighted by atomic mass is 16.5. The number of nitrogens with one attached hydrogen (secondary N) is 1. The third kappa shape index (κ3) is 11.7. The fourth-order valence-corrected chi connectivity index (χ4v) is 1.03.